The number of aliphatic hydroxyl groups excluding tert-OH is 1. The number of ketones is 1. The highest BCUT2D eigenvalue weighted by Gasteiger charge is 2.25. The van der Waals surface area contributed by atoms with Crippen molar-refractivity contribution in [3.05, 3.63) is 11.3 Å². The minimum atomic E-state index is -1.11. The zero-order valence-corrected chi connectivity index (χ0v) is 11.2. The number of hydrogen-bond donors (Lipinski definition) is 2. The number of aliphatic carboxylic acids is 1. The molecular weight excluding hydrogens is 266 g/mol. The van der Waals surface area contributed by atoms with E-state index in [1.807, 2.05) is 0 Å². The van der Waals surface area contributed by atoms with Gasteiger partial charge in [-0.25, -0.2) is 0 Å². The van der Waals surface area contributed by atoms with Gasteiger partial charge >= 0.3 is 11.9 Å². The molecule has 1 aliphatic rings. The highest BCUT2D eigenvalue weighted by atomic mass is 16.5. The lowest BCUT2D eigenvalue weighted by Gasteiger charge is -2.17. The zero-order valence-electron chi connectivity index (χ0n) is 11.2. The van der Waals surface area contributed by atoms with Crippen LogP contribution >= 0.6 is 0 Å². The number of carboxylic acids is 1. The van der Waals surface area contributed by atoms with Gasteiger partial charge in [0.15, 0.2) is 5.78 Å². The molecule has 0 unspecified atom stereocenters. The van der Waals surface area contributed by atoms with Gasteiger partial charge in [-0.3, -0.25) is 19.4 Å². The molecule has 0 amide bonds. The number of carbonyl (C=O) groups excluding carboxylic acids is 2. The van der Waals surface area contributed by atoms with Crippen LogP contribution < -0.4 is 0 Å². The van der Waals surface area contributed by atoms with Crippen molar-refractivity contribution in [1.82, 2.24) is 0 Å². The Morgan fingerprint density at radius 2 is 1.95 bits per heavy atom. The molecule has 0 atom stereocenters. The Hall–Kier alpha value is -2.18. The molecule has 1 fully saturated rings. The van der Waals surface area contributed by atoms with Crippen molar-refractivity contribution < 1.29 is 29.3 Å². The molecule has 0 aromatic carbocycles. The van der Waals surface area contributed by atoms with Crippen LogP contribution in [0.15, 0.2) is 16.3 Å². The summed E-state index contributed by atoms with van der Waals surface area (Å²) in [7, 11) is 1.23. The summed E-state index contributed by atoms with van der Waals surface area (Å²) in [5, 5.41) is 18.6. The predicted molar refractivity (Wildman–Crippen MR) is 69.7 cm³/mol. The van der Waals surface area contributed by atoms with E-state index in [1.54, 1.807) is 0 Å². The van der Waals surface area contributed by atoms with E-state index in [1.165, 1.54) is 7.11 Å². The average molecular weight is 283 g/mol. The number of aliphatic imine (C=N–C) groups is 1. The van der Waals surface area contributed by atoms with Gasteiger partial charge < -0.3 is 14.9 Å². The zero-order chi connectivity index (χ0) is 15.1. The molecule has 0 saturated heterocycles. The summed E-state index contributed by atoms with van der Waals surface area (Å²) in [5.74, 6) is -2.11. The summed E-state index contributed by atoms with van der Waals surface area (Å²) in [6, 6.07) is 0. The minimum Gasteiger partial charge on any atom is -0.511 e. The lowest BCUT2D eigenvalue weighted by Crippen LogP contribution is -2.22. The first-order valence-electron chi connectivity index (χ1n) is 6.23. The number of Topliss-reactive ketones (excluding diaryl/α,β-unsaturated/α-hetero) is 1. The number of allylic oxidation sites excluding steroid dienone is 2. The van der Waals surface area contributed by atoms with Gasteiger partial charge in [0.05, 0.1) is 19.1 Å². The van der Waals surface area contributed by atoms with Crippen LogP contribution in [0, 0.1) is 0 Å². The molecule has 7 nitrogen and oxygen atoms in total. The Kier molecular flexibility index (Phi) is 5.89. The molecule has 7 heteroatoms. The molecular formula is C13H17NO6. The van der Waals surface area contributed by atoms with E-state index in [0.29, 0.717) is 18.6 Å². The van der Waals surface area contributed by atoms with E-state index in [-0.39, 0.29) is 36.4 Å². The molecule has 110 valence electrons. The molecule has 2 N–H and O–H groups in total. The first kappa shape index (κ1) is 15.9. The number of ether oxygens (including phenoxy) is 1. The van der Waals surface area contributed by atoms with E-state index in [9.17, 15) is 19.5 Å². The van der Waals surface area contributed by atoms with Gasteiger partial charge in [-0.15, -0.1) is 0 Å². The van der Waals surface area contributed by atoms with Gasteiger partial charge in [-0.1, -0.05) is 0 Å². The van der Waals surface area contributed by atoms with Crippen molar-refractivity contribution in [1.29, 1.82) is 0 Å². The van der Waals surface area contributed by atoms with E-state index >= 15 is 0 Å². The van der Waals surface area contributed by atoms with Crippen molar-refractivity contribution in [3.8, 4) is 0 Å². The van der Waals surface area contributed by atoms with Crippen LogP contribution in [0.4, 0.5) is 0 Å². The third-order valence-corrected chi connectivity index (χ3v) is 2.87. The fourth-order valence-corrected chi connectivity index (χ4v) is 1.92. The van der Waals surface area contributed by atoms with E-state index in [4.69, 9.17) is 5.11 Å². The lowest BCUT2D eigenvalue weighted by atomic mass is 9.89. The SMILES string of the molecule is COC(=O)CC/C(O)=C1\C(=O)CCCC1=NCC(=O)O. The van der Waals surface area contributed by atoms with E-state index in [0.717, 1.165) is 0 Å². The van der Waals surface area contributed by atoms with Crippen LogP contribution in [-0.4, -0.2) is 47.3 Å². The van der Waals surface area contributed by atoms with E-state index in [2.05, 4.69) is 9.73 Å². The third kappa shape index (κ3) is 4.49. The average Bonchev–Trinajstić information content (AvgIpc) is 2.42. The summed E-state index contributed by atoms with van der Waals surface area (Å²) >= 11 is 0. The number of rotatable bonds is 5. The number of nitrogens with zero attached hydrogens (tertiary/aromatic N) is 1. The molecule has 0 aromatic heterocycles. The van der Waals surface area contributed by atoms with Crippen LogP contribution in [-0.2, 0) is 19.1 Å². The van der Waals surface area contributed by atoms with Gasteiger partial charge in [-0.2, -0.15) is 0 Å². The largest absolute Gasteiger partial charge is 0.511 e. The number of aliphatic hydroxyl groups is 1. The third-order valence-electron chi connectivity index (χ3n) is 2.87. The maximum atomic E-state index is 11.8. The number of hydrogen-bond acceptors (Lipinski definition) is 6. The van der Waals surface area contributed by atoms with Crippen LogP contribution in [0.3, 0.4) is 0 Å². The van der Waals surface area contributed by atoms with Crippen LogP contribution in [0.25, 0.3) is 0 Å². The van der Waals surface area contributed by atoms with Crippen molar-refractivity contribution in [3.63, 3.8) is 0 Å². The maximum Gasteiger partial charge on any atom is 0.325 e. The van der Waals surface area contributed by atoms with Crippen molar-refractivity contribution in [2.45, 2.75) is 32.1 Å². The second-order valence-electron chi connectivity index (χ2n) is 4.33. The molecule has 1 aliphatic carbocycles. The van der Waals surface area contributed by atoms with Crippen LogP contribution in [0.2, 0.25) is 0 Å². The van der Waals surface area contributed by atoms with Gasteiger partial charge in [0.2, 0.25) is 0 Å². The highest BCUT2D eigenvalue weighted by Crippen LogP contribution is 2.22. The van der Waals surface area contributed by atoms with Crippen molar-refractivity contribution in [2.75, 3.05) is 13.7 Å². The maximum absolute atomic E-state index is 11.8. The Morgan fingerprint density at radius 1 is 1.25 bits per heavy atom. The highest BCUT2D eigenvalue weighted by molar-refractivity contribution is 6.24. The van der Waals surface area contributed by atoms with E-state index < -0.39 is 18.5 Å². The van der Waals surface area contributed by atoms with Gasteiger partial charge in [0.25, 0.3) is 0 Å². The Bertz CT molecular complexity index is 477. The van der Waals surface area contributed by atoms with Gasteiger partial charge in [0, 0.05) is 18.6 Å². The van der Waals surface area contributed by atoms with Gasteiger partial charge in [-0.05, 0) is 12.8 Å². The first-order chi connectivity index (χ1) is 9.45. The molecule has 1 saturated carbocycles. The Labute approximate surface area is 116 Å². The van der Waals surface area contributed by atoms with Crippen LogP contribution in [0.5, 0.6) is 0 Å². The lowest BCUT2D eigenvalue weighted by molar-refractivity contribution is -0.140. The van der Waals surface area contributed by atoms with Crippen LogP contribution in [0.1, 0.15) is 32.1 Å². The molecule has 20 heavy (non-hydrogen) atoms. The quantitative estimate of drug-likeness (QED) is 0.442. The topological polar surface area (TPSA) is 113 Å². The molecule has 0 spiro atoms. The second kappa shape index (κ2) is 7.42. The fraction of sp³-hybridized carbons (Fsp3) is 0.538. The molecule has 0 aromatic rings. The van der Waals surface area contributed by atoms with Crippen molar-refractivity contribution >= 4 is 23.4 Å². The second-order valence-corrected chi connectivity index (χ2v) is 4.33. The molecule has 1 rings (SSSR count). The van der Waals surface area contributed by atoms with Crippen molar-refractivity contribution in [2.24, 2.45) is 4.99 Å². The number of carboxylic acid groups (broad SMARTS) is 1. The number of esters is 1. The van der Waals surface area contributed by atoms with Gasteiger partial charge in [0.1, 0.15) is 12.3 Å². The molecule has 0 bridgehead atoms. The minimum absolute atomic E-state index is 0.0279. The summed E-state index contributed by atoms with van der Waals surface area (Å²) in [4.78, 5) is 37.2. The first-order valence-corrected chi connectivity index (χ1v) is 6.23. The Balaban J connectivity index is 2.92. The smallest absolute Gasteiger partial charge is 0.325 e. The monoisotopic (exact) mass is 283 g/mol. The molecule has 0 radical (unpaired) electrons. The number of carbonyl (C=O) groups is 3. The summed E-state index contributed by atoms with van der Waals surface area (Å²) in [5.41, 5.74) is 0.354. The summed E-state index contributed by atoms with van der Waals surface area (Å²) in [6.45, 7) is -0.448. The number of methoxy groups -OCH3 is 1. The standard InChI is InChI=1S/C13H17NO6/c1-20-12(19)6-5-10(16)13-8(14-7-11(17)18)3-2-4-9(13)15/h16H,2-7H2,1H3,(H,17,18)/b13-10+,14-8?. The summed E-state index contributed by atoms with van der Waals surface area (Å²) < 4.78 is 4.46. The summed E-state index contributed by atoms with van der Waals surface area (Å²) in [6.07, 6.45) is 1.22. The Morgan fingerprint density at radius 3 is 2.55 bits per heavy atom. The normalized spacial score (nSPS) is 19.9. The predicted octanol–water partition coefficient (Wildman–Crippen LogP) is 1.03. The molecule has 0 aliphatic heterocycles. The fourth-order valence-electron chi connectivity index (χ4n) is 1.92. The molecule has 0 heterocycles.